The summed E-state index contributed by atoms with van der Waals surface area (Å²) in [5.74, 6) is 1.07. The molecule has 5 rings (SSSR count). The zero-order valence-electron chi connectivity index (χ0n) is 16.6. The van der Waals surface area contributed by atoms with E-state index in [1.165, 1.54) is 0 Å². The van der Waals surface area contributed by atoms with E-state index in [9.17, 15) is 4.79 Å². The van der Waals surface area contributed by atoms with E-state index in [0.29, 0.717) is 37.6 Å². The molecule has 3 aromatic rings. The van der Waals surface area contributed by atoms with Gasteiger partial charge in [-0.2, -0.15) is 5.10 Å². The van der Waals surface area contributed by atoms with Gasteiger partial charge in [-0.25, -0.2) is 9.50 Å². The summed E-state index contributed by atoms with van der Waals surface area (Å²) in [4.78, 5) is 22.0. The van der Waals surface area contributed by atoms with Crippen LogP contribution in [-0.4, -0.2) is 74.4 Å². The van der Waals surface area contributed by atoms with Crippen molar-refractivity contribution in [1.29, 1.82) is 0 Å². The standard InChI is InChI=1S/C20H24N6O3/c1-13-17(14(2)29-23-13)10-24-7-15-8-25(9-16(24)12-28-11-15)20(27)18-6-21-19-4-3-5-22-26(18)19/h3-6,15-16H,7-12H2,1-2H3/t15-,16+/m1/s1. The molecule has 0 saturated carbocycles. The maximum atomic E-state index is 13.3. The van der Waals surface area contributed by atoms with Gasteiger partial charge in [-0.3, -0.25) is 9.69 Å². The van der Waals surface area contributed by atoms with Gasteiger partial charge >= 0.3 is 0 Å². The smallest absolute Gasteiger partial charge is 0.274 e. The second kappa shape index (κ2) is 7.23. The number of carbonyl (C=O) groups is 1. The van der Waals surface area contributed by atoms with Crippen LogP contribution in [0.15, 0.2) is 29.0 Å². The molecular formula is C20H24N6O3. The van der Waals surface area contributed by atoms with Gasteiger partial charge in [0.25, 0.3) is 5.91 Å². The van der Waals surface area contributed by atoms with E-state index in [-0.39, 0.29) is 17.9 Å². The van der Waals surface area contributed by atoms with Crippen LogP contribution in [0.4, 0.5) is 0 Å². The van der Waals surface area contributed by atoms with Crippen molar-refractivity contribution >= 4 is 11.6 Å². The number of imidazole rings is 1. The molecule has 0 aromatic carbocycles. The number of aromatic nitrogens is 4. The number of hydrogen-bond donors (Lipinski definition) is 0. The Hall–Kier alpha value is -2.78. The largest absolute Gasteiger partial charge is 0.379 e. The van der Waals surface area contributed by atoms with Crippen molar-refractivity contribution in [2.75, 3.05) is 32.8 Å². The minimum absolute atomic E-state index is 0.0349. The first kappa shape index (κ1) is 18.3. The van der Waals surface area contributed by atoms with E-state index in [0.717, 1.165) is 30.1 Å². The Morgan fingerprint density at radius 3 is 2.97 bits per heavy atom. The topological polar surface area (TPSA) is 89.0 Å². The molecule has 1 amide bonds. The summed E-state index contributed by atoms with van der Waals surface area (Å²) < 4.78 is 12.9. The number of rotatable bonds is 3. The molecule has 2 aliphatic rings. The van der Waals surface area contributed by atoms with Crippen LogP contribution in [-0.2, 0) is 11.3 Å². The quantitative estimate of drug-likeness (QED) is 0.659. The summed E-state index contributed by atoms with van der Waals surface area (Å²) in [6, 6.07) is 3.78. The molecular weight excluding hydrogens is 372 g/mol. The molecule has 3 aromatic heterocycles. The highest BCUT2D eigenvalue weighted by Crippen LogP contribution is 2.25. The number of carbonyl (C=O) groups excluding carboxylic acids is 1. The van der Waals surface area contributed by atoms with Crippen molar-refractivity contribution in [2.45, 2.75) is 26.4 Å². The Morgan fingerprint density at radius 2 is 2.14 bits per heavy atom. The summed E-state index contributed by atoms with van der Waals surface area (Å²) in [6.07, 6.45) is 3.28. The van der Waals surface area contributed by atoms with E-state index in [2.05, 4.69) is 20.1 Å². The normalized spacial score (nSPS) is 22.8. The van der Waals surface area contributed by atoms with Gasteiger partial charge in [0.05, 0.1) is 31.1 Å². The Morgan fingerprint density at radius 1 is 1.24 bits per heavy atom. The molecule has 2 fully saturated rings. The first-order valence-electron chi connectivity index (χ1n) is 9.91. The first-order valence-corrected chi connectivity index (χ1v) is 9.91. The summed E-state index contributed by atoms with van der Waals surface area (Å²) in [5.41, 5.74) is 3.22. The molecule has 0 unspecified atom stereocenters. The highest BCUT2D eigenvalue weighted by Gasteiger charge is 2.36. The van der Waals surface area contributed by atoms with Gasteiger partial charge in [0.1, 0.15) is 5.76 Å². The predicted octanol–water partition coefficient (Wildman–Crippen LogP) is 1.31. The molecule has 29 heavy (non-hydrogen) atoms. The van der Waals surface area contributed by atoms with Crippen LogP contribution in [0, 0.1) is 19.8 Å². The van der Waals surface area contributed by atoms with Crippen molar-refractivity contribution in [3.63, 3.8) is 0 Å². The third kappa shape index (κ3) is 3.30. The lowest BCUT2D eigenvalue weighted by atomic mass is 10.1. The number of hydrogen-bond acceptors (Lipinski definition) is 7. The van der Waals surface area contributed by atoms with E-state index in [4.69, 9.17) is 9.26 Å². The SMILES string of the molecule is Cc1noc(C)c1CN1C[C@H]2COC[C@@H]1CN(C(=O)c1cnc3cccnn13)C2. The maximum absolute atomic E-state index is 13.3. The van der Waals surface area contributed by atoms with E-state index in [1.54, 1.807) is 16.9 Å². The van der Waals surface area contributed by atoms with Crippen molar-refractivity contribution in [3.05, 3.63) is 47.2 Å². The number of aryl methyl sites for hydroxylation is 2. The van der Waals surface area contributed by atoms with E-state index >= 15 is 0 Å². The zero-order valence-corrected chi connectivity index (χ0v) is 16.6. The average molecular weight is 396 g/mol. The molecule has 2 saturated heterocycles. The van der Waals surface area contributed by atoms with Crippen LogP contribution in [0.1, 0.15) is 27.5 Å². The molecule has 2 aliphatic heterocycles. The van der Waals surface area contributed by atoms with Crippen LogP contribution in [0.2, 0.25) is 0 Å². The molecule has 0 spiro atoms. The third-order valence-electron chi connectivity index (χ3n) is 5.91. The number of nitrogens with zero attached hydrogens (tertiary/aromatic N) is 6. The van der Waals surface area contributed by atoms with Crippen LogP contribution in [0.3, 0.4) is 0 Å². The molecule has 0 radical (unpaired) electrons. The highest BCUT2D eigenvalue weighted by atomic mass is 16.5. The molecule has 2 atom stereocenters. The lowest BCUT2D eigenvalue weighted by Crippen LogP contribution is -2.46. The van der Waals surface area contributed by atoms with Crippen LogP contribution in [0.5, 0.6) is 0 Å². The van der Waals surface area contributed by atoms with Crippen molar-refractivity contribution in [2.24, 2.45) is 5.92 Å². The second-order valence-corrected chi connectivity index (χ2v) is 7.94. The first-order chi connectivity index (χ1) is 14.1. The van der Waals surface area contributed by atoms with Gasteiger partial charge in [0.15, 0.2) is 11.3 Å². The third-order valence-corrected chi connectivity index (χ3v) is 5.91. The van der Waals surface area contributed by atoms with Crippen molar-refractivity contribution in [1.82, 2.24) is 29.6 Å². The molecule has 0 N–H and O–H groups in total. The van der Waals surface area contributed by atoms with Crippen LogP contribution >= 0.6 is 0 Å². The summed E-state index contributed by atoms with van der Waals surface area (Å²) in [7, 11) is 0. The van der Waals surface area contributed by atoms with Crippen molar-refractivity contribution < 1.29 is 14.1 Å². The van der Waals surface area contributed by atoms with Gasteiger partial charge in [0.2, 0.25) is 0 Å². The summed E-state index contributed by atoms with van der Waals surface area (Å²) >= 11 is 0. The van der Waals surface area contributed by atoms with Gasteiger partial charge in [-0.05, 0) is 26.0 Å². The Balaban J connectivity index is 1.41. The van der Waals surface area contributed by atoms with E-state index in [1.807, 2.05) is 30.9 Å². The monoisotopic (exact) mass is 396 g/mol. The number of fused-ring (bicyclic) bond motifs is 4. The van der Waals surface area contributed by atoms with Crippen LogP contribution in [0.25, 0.3) is 5.65 Å². The minimum atomic E-state index is -0.0349. The molecule has 9 heteroatoms. The Bertz CT molecular complexity index is 1020. The lowest BCUT2D eigenvalue weighted by molar-refractivity contribution is 0.0400. The zero-order chi connectivity index (χ0) is 20.0. The predicted molar refractivity (Wildman–Crippen MR) is 103 cm³/mol. The number of amides is 1. The minimum Gasteiger partial charge on any atom is -0.379 e. The van der Waals surface area contributed by atoms with Crippen LogP contribution < -0.4 is 0 Å². The molecule has 0 aliphatic carbocycles. The van der Waals surface area contributed by atoms with Gasteiger partial charge in [0, 0.05) is 43.9 Å². The average Bonchev–Trinajstić information content (AvgIpc) is 3.14. The maximum Gasteiger partial charge on any atom is 0.274 e. The highest BCUT2D eigenvalue weighted by molar-refractivity contribution is 5.93. The Kier molecular flexibility index (Phi) is 4.56. The molecule has 5 heterocycles. The lowest BCUT2D eigenvalue weighted by Gasteiger charge is -2.31. The number of ether oxygens (including phenoxy) is 1. The van der Waals surface area contributed by atoms with E-state index < -0.39 is 0 Å². The van der Waals surface area contributed by atoms with Gasteiger partial charge < -0.3 is 14.2 Å². The Labute approximate surface area is 168 Å². The fraction of sp³-hybridized carbons (Fsp3) is 0.500. The van der Waals surface area contributed by atoms with Crippen molar-refractivity contribution in [3.8, 4) is 0 Å². The molecule has 9 nitrogen and oxygen atoms in total. The molecule has 2 bridgehead atoms. The fourth-order valence-corrected chi connectivity index (χ4v) is 4.36. The summed E-state index contributed by atoms with van der Waals surface area (Å²) in [6.45, 7) is 8.09. The van der Waals surface area contributed by atoms with Gasteiger partial charge in [-0.1, -0.05) is 5.16 Å². The molecule has 152 valence electrons. The summed E-state index contributed by atoms with van der Waals surface area (Å²) in [5, 5.41) is 8.37. The fourth-order valence-electron chi connectivity index (χ4n) is 4.36. The van der Waals surface area contributed by atoms with Gasteiger partial charge in [-0.15, -0.1) is 0 Å². The second-order valence-electron chi connectivity index (χ2n) is 7.94.